The highest BCUT2D eigenvalue weighted by Crippen LogP contribution is 2.39. The summed E-state index contributed by atoms with van der Waals surface area (Å²) < 4.78 is 13.2. The van der Waals surface area contributed by atoms with Crippen LogP contribution < -0.4 is 10.6 Å². The molecule has 0 unspecified atom stereocenters. The second-order valence-corrected chi connectivity index (χ2v) is 9.17. The first kappa shape index (κ1) is 20.0. The number of hydrogen-bond acceptors (Lipinski definition) is 4. The molecule has 0 bridgehead atoms. The van der Waals surface area contributed by atoms with Gasteiger partial charge in [0, 0.05) is 42.8 Å². The standard InChI is InChI=1S/C19H26ClFN4O2/c1-18(2,3)23-17(27)8-25-11-19(12-25)9-24(10-19)7-16(26)22-13-4-5-15(21)14(20)6-13/h4-6H,7-12H2,1-3H3,(H,22,26)(H,23,27). The molecule has 2 saturated heterocycles. The number of nitrogens with zero attached hydrogens (tertiary/aromatic N) is 2. The molecule has 0 saturated carbocycles. The van der Waals surface area contributed by atoms with Crippen LogP contribution in [0.4, 0.5) is 10.1 Å². The van der Waals surface area contributed by atoms with E-state index in [1.54, 1.807) is 0 Å². The van der Waals surface area contributed by atoms with Crippen molar-refractivity contribution in [1.82, 2.24) is 15.1 Å². The molecule has 0 radical (unpaired) electrons. The van der Waals surface area contributed by atoms with Crippen molar-refractivity contribution < 1.29 is 14.0 Å². The van der Waals surface area contributed by atoms with E-state index >= 15 is 0 Å². The number of anilines is 1. The van der Waals surface area contributed by atoms with Crippen LogP contribution in [0.15, 0.2) is 18.2 Å². The van der Waals surface area contributed by atoms with Crippen LogP contribution in [0.2, 0.25) is 5.02 Å². The zero-order chi connectivity index (χ0) is 19.8. The van der Waals surface area contributed by atoms with Crippen LogP contribution in [0.5, 0.6) is 0 Å². The van der Waals surface area contributed by atoms with Gasteiger partial charge in [0.25, 0.3) is 0 Å². The van der Waals surface area contributed by atoms with Crippen molar-refractivity contribution >= 4 is 29.1 Å². The first-order valence-electron chi connectivity index (χ1n) is 9.04. The molecule has 27 heavy (non-hydrogen) atoms. The molecule has 2 heterocycles. The maximum Gasteiger partial charge on any atom is 0.238 e. The molecule has 0 aromatic heterocycles. The van der Waals surface area contributed by atoms with Crippen molar-refractivity contribution in [3.63, 3.8) is 0 Å². The minimum absolute atomic E-state index is 0.0132. The fraction of sp³-hybridized carbons (Fsp3) is 0.579. The fourth-order valence-electron chi connectivity index (χ4n) is 3.87. The van der Waals surface area contributed by atoms with Gasteiger partial charge in [0.15, 0.2) is 0 Å². The van der Waals surface area contributed by atoms with Gasteiger partial charge in [-0.2, -0.15) is 0 Å². The summed E-state index contributed by atoms with van der Waals surface area (Å²) in [6.07, 6.45) is 0. The number of rotatable bonds is 5. The molecule has 2 amide bonds. The van der Waals surface area contributed by atoms with Crippen LogP contribution in [0, 0.1) is 11.2 Å². The van der Waals surface area contributed by atoms with E-state index in [4.69, 9.17) is 11.6 Å². The Labute approximate surface area is 164 Å². The largest absolute Gasteiger partial charge is 0.350 e. The quantitative estimate of drug-likeness (QED) is 0.798. The van der Waals surface area contributed by atoms with E-state index in [1.165, 1.54) is 18.2 Å². The molecular weight excluding hydrogens is 371 g/mol. The van der Waals surface area contributed by atoms with E-state index in [1.807, 2.05) is 20.8 Å². The van der Waals surface area contributed by atoms with Crippen molar-refractivity contribution in [3.05, 3.63) is 29.0 Å². The van der Waals surface area contributed by atoms with Gasteiger partial charge in [0.2, 0.25) is 11.8 Å². The highest BCUT2D eigenvalue weighted by molar-refractivity contribution is 6.31. The Hall–Kier alpha value is -1.70. The van der Waals surface area contributed by atoms with Crippen LogP contribution in [-0.2, 0) is 9.59 Å². The number of likely N-dealkylation sites (tertiary alicyclic amines) is 2. The second-order valence-electron chi connectivity index (χ2n) is 8.77. The lowest BCUT2D eigenvalue weighted by Gasteiger charge is -2.60. The maximum absolute atomic E-state index is 13.2. The molecule has 2 aliphatic rings. The summed E-state index contributed by atoms with van der Waals surface area (Å²) in [6, 6.07) is 4.12. The summed E-state index contributed by atoms with van der Waals surface area (Å²) in [5.41, 5.74) is 0.484. The Morgan fingerprint density at radius 1 is 1.11 bits per heavy atom. The predicted molar refractivity (Wildman–Crippen MR) is 103 cm³/mol. The first-order chi connectivity index (χ1) is 12.5. The van der Waals surface area contributed by atoms with E-state index in [0.717, 1.165) is 26.2 Å². The van der Waals surface area contributed by atoms with Crippen LogP contribution in [0.3, 0.4) is 0 Å². The number of amides is 2. The lowest BCUT2D eigenvalue weighted by molar-refractivity contribution is -0.141. The molecule has 0 aliphatic carbocycles. The minimum Gasteiger partial charge on any atom is -0.350 e. The van der Waals surface area contributed by atoms with Gasteiger partial charge in [-0.15, -0.1) is 0 Å². The number of hydrogen-bond donors (Lipinski definition) is 2. The van der Waals surface area contributed by atoms with Crippen molar-refractivity contribution in [3.8, 4) is 0 Å². The molecule has 1 aromatic carbocycles. The summed E-state index contributed by atoms with van der Waals surface area (Å²) in [5, 5.41) is 5.69. The Morgan fingerprint density at radius 3 is 2.19 bits per heavy atom. The Morgan fingerprint density at radius 2 is 1.67 bits per heavy atom. The van der Waals surface area contributed by atoms with Gasteiger partial charge >= 0.3 is 0 Å². The van der Waals surface area contributed by atoms with Crippen molar-refractivity contribution in [1.29, 1.82) is 0 Å². The van der Waals surface area contributed by atoms with Crippen LogP contribution in [0.1, 0.15) is 20.8 Å². The molecule has 2 fully saturated rings. The van der Waals surface area contributed by atoms with Gasteiger partial charge < -0.3 is 10.6 Å². The average molecular weight is 397 g/mol. The van der Waals surface area contributed by atoms with E-state index < -0.39 is 5.82 Å². The van der Waals surface area contributed by atoms with Crippen molar-refractivity contribution in [2.24, 2.45) is 5.41 Å². The second kappa shape index (κ2) is 7.37. The molecule has 3 rings (SSSR count). The van der Waals surface area contributed by atoms with Crippen LogP contribution >= 0.6 is 11.6 Å². The summed E-state index contributed by atoms with van der Waals surface area (Å²) in [5.74, 6) is -0.607. The molecule has 1 spiro atoms. The molecule has 0 atom stereocenters. The number of halogens is 2. The number of carbonyl (C=O) groups excluding carboxylic acids is 2. The monoisotopic (exact) mass is 396 g/mol. The number of nitrogens with one attached hydrogen (secondary N) is 2. The molecule has 6 nitrogen and oxygen atoms in total. The normalized spacial score (nSPS) is 19.3. The van der Waals surface area contributed by atoms with Gasteiger partial charge in [-0.3, -0.25) is 19.4 Å². The predicted octanol–water partition coefficient (Wildman–Crippen LogP) is 1.95. The Balaban J connectivity index is 1.36. The van der Waals surface area contributed by atoms with Gasteiger partial charge in [-0.05, 0) is 39.0 Å². The Bertz CT molecular complexity index is 736. The highest BCUT2D eigenvalue weighted by Gasteiger charge is 2.51. The molecule has 1 aromatic rings. The van der Waals surface area contributed by atoms with Gasteiger partial charge in [0.05, 0.1) is 18.1 Å². The first-order valence-corrected chi connectivity index (χ1v) is 9.42. The molecule has 2 N–H and O–H groups in total. The maximum atomic E-state index is 13.2. The van der Waals surface area contributed by atoms with Crippen molar-refractivity contribution in [2.45, 2.75) is 26.3 Å². The lowest BCUT2D eigenvalue weighted by Crippen LogP contribution is -2.73. The van der Waals surface area contributed by atoms with Crippen molar-refractivity contribution in [2.75, 3.05) is 44.6 Å². The molecule has 148 valence electrons. The third-order valence-electron chi connectivity index (χ3n) is 4.69. The molecular formula is C19H26ClFN4O2. The Kier molecular flexibility index (Phi) is 5.47. The third kappa shape index (κ3) is 5.18. The topological polar surface area (TPSA) is 64.7 Å². The van der Waals surface area contributed by atoms with Crippen LogP contribution in [0.25, 0.3) is 0 Å². The summed E-state index contributed by atoms with van der Waals surface area (Å²) in [7, 11) is 0. The summed E-state index contributed by atoms with van der Waals surface area (Å²) in [4.78, 5) is 28.3. The minimum atomic E-state index is -0.509. The van der Waals surface area contributed by atoms with Gasteiger partial charge in [-0.25, -0.2) is 4.39 Å². The highest BCUT2D eigenvalue weighted by atomic mass is 35.5. The average Bonchev–Trinajstić information content (AvgIpc) is 2.44. The molecule has 8 heteroatoms. The SMILES string of the molecule is CC(C)(C)NC(=O)CN1CC2(CN(CC(=O)Nc3ccc(F)c(Cl)c3)C2)C1. The lowest BCUT2D eigenvalue weighted by atomic mass is 9.73. The molecule has 2 aliphatic heterocycles. The smallest absolute Gasteiger partial charge is 0.238 e. The van der Waals surface area contributed by atoms with Crippen LogP contribution in [-0.4, -0.2) is 66.4 Å². The van der Waals surface area contributed by atoms with E-state index in [0.29, 0.717) is 18.8 Å². The zero-order valence-corrected chi connectivity index (χ0v) is 16.7. The summed E-state index contributed by atoms with van der Waals surface area (Å²) in [6.45, 7) is 10.1. The van der Waals surface area contributed by atoms with E-state index in [2.05, 4.69) is 20.4 Å². The number of benzene rings is 1. The van der Waals surface area contributed by atoms with E-state index in [-0.39, 0.29) is 27.8 Å². The fourth-order valence-corrected chi connectivity index (χ4v) is 4.05. The number of carbonyl (C=O) groups is 2. The van der Waals surface area contributed by atoms with E-state index in [9.17, 15) is 14.0 Å². The zero-order valence-electron chi connectivity index (χ0n) is 15.9. The third-order valence-corrected chi connectivity index (χ3v) is 4.98. The summed E-state index contributed by atoms with van der Waals surface area (Å²) >= 11 is 5.72. The van der Waals surface area contributed by atoms with Gasteiger partial charge in [0.1, 0.15) is 5.82 Å². The van der Waals surface area contributed by atoms with Gasteiger partial charge in [-0.1, -0.05) is 11.6 Å².